The molecule has 84 heavy (non-hydrogen) atoms. The number of benzene rings is 15. The fraction of sp³-hybridized carbons (Fsp3) is 0.0247. The molecule has 3 heteroatoms. The maximum absolute atomic E-state index is 9.26. The summed E-state index contributed by atoms with van der Waals surface area (Å²) >= 11 is 0. The molecule has 2 nitrogen and oxygen atoms in total. The highest BCUT2D eigenvalue weighted by Crippen LogP contribution is 2.54. The number of carboxylic acid groups (broad SMARTS) is 1. The fourth-order valence-corrected chi connectivity index (χ4v) is 15.2. The first kappa shape index (κ1) is 51.8. The Morgan fingerprint density at radius 3 is 0.750 bits per heavy atom. The van der Waals surface area contributed by atoms with Crippen LogP contribution in [0.2, 0.25) is 0 Å². The Morgan fingerprint density at radius 2 is 0.488 bits per heavy atom. The van der Waals surface area contributed by atoms with Crippen molar-refractivity contribution in [1.29, 1.82) is 0 Å². The van der Waals surface area contributed by atoms with E-state index in [9.17, 15) is 9.90 Å². The second-order valence-corrected chi connectivity index (χ2v) is 23.2. The van der Waals surface area contributed by atoms with Crippen molar-refractivity contribution in [3.05, 3.63) is 309 Å². The van der Waals surface area contributed by atoms with E-state index in [0.717, 1.165) is 0 Å². The van der Waals surface area contributed by atoms with Gasteiger partial charge in [0.25, 0.3) is 0 Å². The summed E-state index contributed by atoms with van der Waals surface area (Å²) in [6.07, 6.45) is 0.111. The largest absolute Gasteiger partial charge is 0.550 e. The molecule has 15 aromatic rings. The molecule has 15 rings (SSSR count). The third kappa shape index (κ3) is 9.55. The number of rotatable bonds is 10. The van der Waals surface area contributed by atoms with E-state index in [4.69, 9.17) is 0 Å². The van der Waals surface area contributed by atoms with Crippen LogP contribution in [0.1, 0.15) is 13.3 Å². The average molecular weight is 1090 g/mol. The standard InChI is InChI=1S/C78H51S.C3H6O2/c1-2-34-60(35-3-1)79(77-73(69-44-18-30-54-24-6-12-38-63(54)69)48-58(67-42-16-28-52-22-4-10-36-61(52)67)49-74(77)70-45-19-31-55-25-7-13-39-64(55)70)78-75(71-46-20-32-56-26-8-14-40-65(56)71)50-59(68-43-17-29-53-23-5-11-37-62(53)68)51-76(78)72-47-21-33-57-27-9-15-41-66(57)72;1-2-3(4)5/h1-51H;2H2,1H3,(H,4,5)/q+1;/p-1. The first-order valence-electron chi connectivity index (χ1n) is 28.7. The van der Waals surface area contributed by atoms with E-state index < -0.39 is 16.9 Å². The highest BCUT2D eigenvalue weighted by Gasteiger charge is 2.41. The first-order valence-corrected chi connectivity index (χ1v) is 30.0. The van der Waals surface area contributed by atoms with Crippen molar-refractivity contribution in [2.45, 2.75) is 28.0 Å². The maximum atomic E-state index is 9.26. The Balaban J connectivity index is 0.00000121. The molecule has 0 radical (unpaired) electrons. The van der Waals surface area contributed by atoms with Gasteiger partial charge < -0.3 is 9.90 Å². The van der Waals surface area contributed by atoms with E-state index in [1.807, 2.05) is 0 Å². The normalized spacial score (nSPS) is 11.4. The minimum Gasteiger partial charge on any atom is -0.550 e. The van der Waals surface area contributed by atoms with Crippen LogP contribution in [0.15, 0.2) is 324 Å². The summed E-state index contributed by atoms with van der Waals surface area (Å²) in [6, 6.07) is 116. The summed E-state index contributed by atoms with van der Waals surface area (Å²) in [5, 5.41) is 23.9. The van der Waals surface area contributed by atoms with Gasteiger partial charge in [-0.2, -0.15) is 0 Å². The minimum atomic E-state index is -0.995. The number of carbonyl (C=O) groups is 1. The molecule has 0 aliphatic carbocycles. The summed E-state index contributed by atoms with van der Waals surface area (Å²) in [5.41, 5.74) is 14.4. The molecular formula is C81H56O2S. The molecule has 0 bridgehead atoms. The molecule has 0 saturated carbocycles. The van der Waals surface area contributed by atoms with Gasteiger partial charge in [0.1, 0.15) is 10.9 Å². The maximum Gasteiger partial charge on any atom is 0.182 e. The fourth-order valence-electron chi connectivity index (χ4n) is 12.5. The van der Waals surface area contributed by atoms with E-state index in [-0.39, 0.29) is 6.42 Å². The first-order chi connectivity index (χ1) is 41.5. The summed E-state index contributed by atoms with van der Waals surface area (Å²) in [4.78, 5) is 13.1. The van der Waals surface area contributed by atoms with Crippen LogP contribution < -0.4 is 5.11 Å². The highest BCUT2D eigenvalue weighted by molar-refractivity contribution is 7.97. The quantitative estimate of drug-likeness (QED) is 0.128. The molecule has 15 aromatic carbocycles. The molecule has 0 N–H and O–H groups in total. The van der Waals surface area contributed by atoms with Crippen molar-refractivity contribution >= 4 is 81.5 Å². The molecule has 398 valence electrons. The Bertz CT molecular complexity index is 4480. The topological polar surface area (TPSA) is 40.1 Å². The van der Waals surface area contributed by atoms with Crippen molar-refractivity contribution in [1.82, 2.24) is 0 Å². The number of fused-ring (bicyclic) bond motifs is 6. The zero-order valence-electron chi connectivity index (χ0n) is 46.4. The zero-order chi connectivity index (χ0) is 56.5. The van der Waals surface area contributed by atoms with Gasteiger partial charge in [0.2, 0.25) is 0 Å². The van der Waals surface area contributed by atoms with Crippen LogP contribution in [0.3, 0.4) is 0 Å². The number of hydrogen-bond acceptors (Lipinski definition) is 2. The van der Waals surface area contributed by atoms with Crippen molar-refractivity contribution in [3.8, 4) is 66.8 Å². The number of carbonyl (C=O) groups excluding carboxylic acids is 1. The van der Waals surface area contributed by atoms with Gasteiger partial charge in [0.15, 0.2) is 14.7 Å². The third-order valence-electron chi connectivity index (χ3n) is 16.4. The van der Waals surface area contributed by atoms with Crippen LogP contribution in [-0.4, -0.2) is 5.97 Å². The molecule has 0 unspecified atom stereocenters. The Labute approximate surface area is 492 Å². The molecule has 0 aliphatic heterocycles. The highest BCUT2D eigenvalue weighted by atomic mass is 32.2. The number of carboxylic acids is 1. The third-order valence-corrected chi connectivity index (χ3v) is 18.8. The number of hydrogen-bond donors (Lipinski definition) is 0. The van der Waals surface area contributed by atoms with E-state index in [1.165, 1.54) is 153 Å². The Morgan fingerprint density at radius 1 is 0.274 bits per heavy atom. The smallest absolute Gasteiger partial charge is 0.182 e. The van der Waals surface area contributed by atoms with E-state index in [2.05, 4.69) is 309 Å². The van der Waals surface area contributed by atoms with Gasteiger partial charge in [-0.05, 0) is 152 Å². The second-order valence-electron chi connectivity index (χ2n) is 21.3. The predicted molar refractivity (Wildman–Crippen MR) is 354 cm³/mol. The lowest BCUT2D eigenvalue weighted by Gasteiger charge is -2.24. The zero-order valence-corrected chi connectivity index (χ0v) is 47.2. The van der Waals surface area contributed by atoms with Crippen molar-refractivity contribution < 1.29 is 9.90 Å². The van der Waals surface area contributed by atoms with Crippen molar-refractivity contribution in [2.75, 3.05) is 0 Å². The van der Waals surface area contributed by atoms with Crippen LogP contribution >= 0.6 is 0 Å². The van der Waals surface area contributed by atoms with Crippen LogP contribution in [0, 0.1) is 0 Å². The van der Waals surface area contributed by atoms with Gasteiger partial charge in [0, 0.05) is 28.2 Å². The van der Waals surface area contributed by atoms with Gasteiger partial charge >= 0.3 is 0 Å². The molecule has 0 saturated heterocycles. The molecule has 0 aromatic heterocycles. The van der Waals surface area contributed by atoms with Crippen LogP contribution in [0.25, 0.3) is 131 Å². The van der Waals surface area contributed by atoms with Crippen molar-refractivity contribution in [2.24, 2.45) is 0 Å². The van der Waals surface area contributed by atoms with Gasteiger partial charge in [-0.25, -0.2) is 0 Å². The lowest BCUT2D eigenvalue weighted by atomic mass is 9.88. The number of aliphatic carboxylic acids is 1. The minimum absolute atomic E-state index is 0.111. The molecule has 0 aliphatic rings. The van der Waals surface area contributed by atoms with Gasteiger partial charge in [-0.15, -0.1) is 0 Å². The SMILES string of the molecule is CCC(=O)[O-].c1ccc([S+](c2c(-c3cccc4ccccc34)cc(-c3cccc4ccccc34)cc2-c2cccc3ccccc23)c2c(-c3cccc4ccccc34)cc(-c3cccc4ccccc34)cc2-c2cccc3ccccc23)cc1. The lowest BCUT2D eigenvalue weighted by Crippen LogP contribution is -2.19. The van der Waals surface area contributed by atoms with Crippen LogP contribution in [0.4, 0.5) is 0 Å². The molecule has 0 atom stereocenters. The second kappa shape index (κ2) is 22.6. The predicted octanol–water partition coefficient (Wildman–Crippen LogP) is 20.8. The molecule has 0 spiro atoms. The summed E-state index contributed by atoms with van der Waals surface area (Å²) in [6.45, 7) is 1.54. The van der Waals surface area contributed by atoms with E-state index in [1.54, 1.807) is 0 Å². The van der Waals surface area contributed by atoms with E-state index in [0.29, 0.717) is 0 Å². The monoisotopic (exact) mass is 1090 g/mol. The van der Waals surface area contributed by atoms with Gasteiger partial charge in [-0.3, -0.25) is 0 Å². The molecule has 0 heterocycles. The lowest BCUT2D eigenvalue weighted by molar-refractivity contribution is -0.305. The van der Waals surface area contributed by atoms with Crippen molar-refractivity contribution in [3.63, 3.8) is 0 Å². The van der Waals surface area contributed by atoms with Crippen LogP contribution in [-0.2, 0) is 15.7 Å². The van der Waals surface area contributed by atoms with Crippen LogP contribution in [0.5, 0.6) is 0 Å². The summed E-state index contributed by atoms with van der Waals surface area (Å²) in [7, 11) is -0.818. The molecule has 0 fully saturated rings. The van der Waals surface area contributed by atoms with Gasteiger partial charge in [-0.1, -0.05) is 280 Å². The van der Waals surface area contributed by atoms with Gasteiger partial charge in [0.05, 0.1) is 0 Å². The Hall–Kier alpha value is -10.3. The molecule has 0 amide bonds. The molecular weight excluding hydrogens is 1040 g/mol. The summed E-state index contributed by atoms with van der Waals surface area (Å²) < 4.78 is 0. The Kier molecular flexibility index (Phi) is 13.9. The average Bonchev–Trinajstić information content (AvgIpc) is 1.67. The summed E-state index contributed by atoms with van der Waals surface area (Å²) in [5.74, 6) is -0.995. The van der Waals surface area contributed by atoms with E-state index >= 15 is 0 Å².